The minimum absolute atomic E-state index is 0.0504. The molecule has 1 amide bonds. The predicted molar refractivity (Wildman–Crippen MR) is 129 cm³/mol. The molecule has 1 saturated carbocycles. The molecule has 9 heteroatoms. The molecule has 176 valence electrons. The molecule has 1 aliphatic rings. The van der Waals surface area contributed by atoms with Crippen molar-refractivity contribution in [1.29, 1.82) is 0 Å². The SMILES string of the molecule is O=C(Nc1ccc(F)cc1)c1cccnc1Nc1ccc(Oc2ccnc(NC3CC3)c2)c(F)c1. The zero-order chi connectivity index (χ0) is 24.2. The van der Waals surface area contributed by atoms with Gasteiger partial charge in [0.15, 0.2) is 11.6 Å². The van der Waals surface area contributed by atoms with Gasteiger partial charge in [0.2, 0.25) is 0 Å². The van der Waals surface area contributed by atoms with E-state index >= 15 is 0 Å². The molecule has 1 fully saturated rings. The van der Waals surface area contributed by atoms with Gasteiger partial charge in [0.25, 0.3) is 5.91 Å². The van der Waals surface area contributed by atoms with Crippen LogP contribution >= 0.6 is 0 Å². The monoisotopic (exact) mass is 473 g/mol. The maximum absolute atomic E-state index is 14.8. The Morgan fingerprint density at radius 1 is 0.914 bits per heavy atom. The Hall–Kier alpha value is -4.53. The van der Waals surface area contributed by atoms with Crippen LogP contribution in [-0.2, 0) is 0 Å². The summed E-state index contributed by atoms with van der Waals surface area (Å²) in [6, 6.07) is 16.8. The number of hydrogen-bond acceptors (Lipinski definition) is 6. The van der Waals surface area contributed by atoms with Crippen LogP contribution in [0.3, 0.4) is 0 Å². The first-order valence-electron chi connectivity index (χ1n) is 11.0. The lowest BCUT2D eigenvalue weighted by molar-refractivity contribution is 0.102. The molecule has 0 unspecified atom stereocenters. The molecule has 1 aliphatic carbocycles. The molecule has 0 spiro atoms. The Balaban J connectivity index is 1.29. The van der Waals surface area contributed by atoms with E-state index in [0.717, 1.165) is 12.8 Å². The second-order valence-electron chi connectivity index (χ2n) is 8.03. The molecule has 0 bridgehead atoms. The quantitative estimate of drug-likeness (QED) is 0.286. The fourth-order valence-corrected chi connectivity index (χ4v) is 3.34. The first-order chi connectivity index (χ1) is 17.0. The van der Waals surface area contributed by atoms with Crippen molar-refractivity contribution in [2.75, 3.05) is 16.0 Å². The second kappa shape index (κ2) is 9.76. The summed E-state index contributed by atoms with van der Waals surface area (Å²) in [6.45, 7) is 0. The number of hydrogen-bond donors (Lipinski definition) is 3. The van der Waals surface area contributed by atoms with Crippen LogP contribution in [0.25, 0.3) is 0 Å². The first-order valence-corrected chi connectivity index (χ1v) is 11.0. The summed E-state index contributed by atoms with van der Waals surface area (Å²) in [4.78, 5) is 21.2. The van der Waals surface area contributed by atoms with Crippen molar-refractivity contribution >= 4 is 28.9 Å². The van der Waals surface area contributed by atoms with Crippen LogP contribution in [-0.4, -0.2) is 21.9 Å². The van der Waals surface area contributed by atoms with Gasteiger partial charge in [0.05, 0.1) is 5.56 Å². The molecule has 0 saturated heterocycles. The van der Waals surface area contributed by atoms with Crippen LogP contribution in [0.15, 0.2) is 79.1 Å². The molecule has 7 nitrogen and oxygen atoms in total. The van der Waals surface area contributed by atoms with Gasteiger partial charge in [-0.15, -0.1) is 0 Å². The van der Waals surface area contributed by atoms with E-state index < -0.39 is 17.5 Å². The Morgan fingerprint density at radius 3 is 2.49 bits per heavy atom. The van der Waals surface area contributed by atoms with Crippen molar-refractivity contribution in [3.05, 3.63) is 96.3 Å². The maximum atomic E-state index is 14.8. The van der Waals surface area contributed by atoms with E-state index in [1.165, 1.54) is 42.6 Å². The number of rotatable bonds is 8. The number of nitrogens with one attached hydrogen (secondary N) is 3. The summed E-state index contributed by atoms with van der Waals surface area (Å²) in [5.74, 6) is 0.00947. The number of pyridine rings is 2. The summed E-state index contributed by atoms with van der Waals surface area (Å²) >= 11 is 0. The van der Waals surface area contributed by atoms with Crippen molar-refractivity contribution in [3.8, 4) is 11.5 Å². The fourth-order valence-electron chi connectivity index (χ4n) is 3.34. The molecule has 2 heterocycles. The Labute approximate surface area is 200 Å². The van der Waals surface area contributed by atoms with E-state index in [9.17, 15) is 13.6 Å². The van der Waals surface area contributed by atoms with Gasteiger partial charge in [-0.25, -0.2) is 18.7 Å². The number of carbonyl (C=O) groups excluding carboxylic acids is 1. The summed E-state index contributed by atoms with van der Waals surface area (Å²) in [6.07, 6.45) is 5.35. The van der Waals surface area contributed by atoms with Crippen LogP contribution in [0.2, 0.25) is 0 Å². The number of halogens is 2. The molecule has 0 atom stereocenters. The molecule has 4 aromatic rings. The average molecular weight is 473 g/mol. The average Bonchev–Trinajstić information content (AvgIpc) is 3.67. The van der Waals surface area contributed by atoms with Gasteiger partial charge in [0.1, 0.15) is 23.2 Å². The largest absolute Gasteiger partial charge is 0.454 e. The Morgan fingerprint density at radius 2 is 1.71 bits per heavy atom. The van der Waals surface area contributed by atoms with Gasteiger partial charge in [-0.05, 0) is 67.4 Å². The van der Waals surface area contributed by atoms with Crippen molar-refractivity contribution in [2.24, 2.45) is 0 Å². The van der Waals surface area contributed by atoms with Crippen LogP contribution < -0.4 is 20.7 Å². The highest BCUT2D eigenvalue weighted by molar-refractivity contribution is 6.07. The first kappa shape index (κ1) is 22.3. The third-order valence-corrected chi connectivity index (χ3v) is 5.24. The predicted octanol–water partition coefficient (Wildman–Crippen LogP) is 6.12. The normalized spacial score (nSPS) is 12.6. The van der Waals surface area contributed by atoms with E-state index in [1.54, 1.807) is 36.5 Å². The number of ether oxygens (including phenoxy) is 1. The summed E-state index contributed by atoms with van der Waals surface area (Å²) in [5, 5.41) is 8.93. The highest BCUT2D eigenvalue weighted by atomic mass is 19.1. The van der Waals surface area contributed by atoms with Crippen LogP contribution in [0.4, 0.5) is 31.8 Å². The summed E-state index contributed by atoms with van der Waals surface area (Å²) < 4.78 is 33.6. The van der Waals surface area contributed by atoms with Crippen molar-refractivity contribution in [2.45, 2.75) is 18.9 Å². The van der Waals surface area contributed by atoms with Gasteiger partial charge >= 0.3 is 0 Å². The van der Waals surface area contributed by atoms with Gasteiger partial charge in [-0.2, -0.15) is 0 Å². The van der Waals surface area contributed by atoms with Crippen LogP contribution in [0.5, 0.6) is 11.5 Å². The molecule has 3 N–H and O–H groups in total. The minimum Gasteiger partial charge on any atom is -0.454 e. The van der Waals surface area contributed by atoms with Crippen LogP contribution in [0, 0.1) is 11.6 Å². The highest BCUT2D eigenvalue weighted by Gasteiger charge is 2.21. The van der Waals surface area contributed by atoms with Gasteiger partial charge in [0, 0.05) is 41.9 Å². The van der Waals surface area contributed by atoms with Gasteiger partial charge < -0.3 is 20.7 Å². The number of benzene rings is 2. The van der Waals surface area contributed by atoms with Crippen molar-refractivity contribution in [3.63, 3.8) is 0 Å². The van der Waals surface area contributed by atoms with E-state index in [1.807, 2.05) is 0 Å². The standard InChI is InChI=1S/C26H21F2N5O2/c27-16-3-5-18(6-4-16)33-26(34)21-2-1-12-30-25(21)32-19-9-10-23(22(28)14-19)35-20-11-13-29-24(15-20)31-17-7-8-17/h1-6,9-15,17H,7-8H2,(H,29,31)(H,30,32)(H,33,34). The number of carbonyl (C=O) groups is 1. The summed E-state index contributed by atoms with van der Waals surface area (Å²) in [7, 11) is 0. The molecule has 5 rings (SSSR count). The van der Waals surface area contributed by atoms with Crippen molar-refractivity contribution in [1.82, 2.24) is 9.97 Å². The second-order valence-corrected chi connectivity index (χ2v) is 8.03. The number of aromatic nitrogens is 2. The van der Waals surface area contributed by atoms with E-state index in [2.05, 4.69) is 25.9 Å². The lowest BCUT2D eigenvalue weighted by Gasteiger charge is -2.13. The van der Waals surface area contributed by atoms with E-state index in [0.29, 0.717) is 29.0 Å². The fraction of sp³-hybridized carbons (Fsp3) is 0.115. The Kier molecular flexibility index (Phi) is 6.21. The molecular weight excluding hydrogens is 452 g/mol. The lowest BCUT2D eigenvalue weighted by atomic mass is 10.2. The van der Waals surface area contributed by atoms with Crippen molar-refractivity contribution < 1.29 is 18.3 Å². The molecule has 2 aromatic heterocycles. The van der Waals surface area contributed by atoms with Gasteiger partial charge in [-0.1, -0.05) is 0 Å². The Bertz CT molecular complexity index is 1360. The zero-order valence-electron chi connectivity index (χ0n) is 18.5. The molecule has 0 aliphatic heterocycles. The number of anilines is 4. The van der Waals surface area contributed by atoms with E-state index in [4.69, 9.17) is 4.74 Å². The minimum atomic E-state index is -0.586. The highest BCUT2D eigenvalue weighted by Crippen LogP contribution is 2.30. The molecule has 35 heavy (non-hydrogen) atoms. The maximum Gasteiger partial charge on any atom is 0.259 e. The molecular formula is C26H21F2N5O2. The number of amides is 1. The smallest absolute Gasteiger partial charge is 0.259 e. The third kappa shape index (κ3) is 5.70. The number of nitrogens with zero attached hydrogens (tertiary/aromatic N) is 2. The topological polar surface area (TPSA) is 88.2 Å². The third-order valence-electron chi connectivity index (χ3n) is 5.24. The lowest BCUT2D eigenvalue weighted by Crippen LogP contribution is -2.14. The molecule has 2 aromatic carbocycles. The van der Waals surface area contributed by atoms with E-state index in [-0.39, 0.29) is 17.1 Å². The molecule has 0 radical (unpaired) electrons. The van der Waals surface area contributed by atoms with Gasteiger partial charge in [-0.3, -0.25) is 4.79 Å². The summed E-state index contributed by atoms with van der Waals surface area (Å²) in [5.41, 5.74) is 1.06. The zero-order valence-corrected chi connectivity index (χ0v) is 18.5. The van der Waals surface area contributed by atoms with Crippen LogP contribution in [0.1, 0.15) is 23.2 Å².